The van der Waals surface area contributed by atoms with Gasteiger partial charge in [-0.25, -0.2) is 0 Å². The Morgan fingerprint density at radius 2 is 2.00 bits per heavy atom. The highest BCUT2D eigenvalue weighted by atomic mass is 16.5. The zero-order valence-electron chi connectivity index (χ0n) is 10.5. The molecule has 0 bridgehead atoms. The van der Waals surface area contributed by atoms with Crippen LogP contribution in [0.3, 0.4) is 0 Å². The van der Waals surface area contributed by atoms with E-state index in [4.69, 9.17) is 4.74 Å². The van der Waals surface area contributed by atoms with Crippen molar-refractivity contribution in [1.82, 2.24) is 0 Å². The van der Waals surface area contributed by atoms with Gasteiger partial charge in [-0.15, -0.1) is 0 Å². The maximum atomic E-state index is 12.4. The molecule has 0 radical (unpaired) electrons. The molecule has 3 nitrogen and oxygen atoms in total. The highest BCUT2D eigenvalue weighted by Gasteiger charge is 2.36. The van der Waals surface area contributed by atoms with Crippen LogP contribution in [-0.4, -0.2) is 18.0 Å². The Balaban J connectivity index is 2.38. The van der Waals surface area contributed by atoms with E-state index in [0.29, 0.717) is 11.5 Å². The zero-order chi connectivity index (χ0) is 12.4. The van der Waals surface area contributed by atoms with Crippen LogP contribution in [0, 0.1) is 11.8 Å². The summed E-state index contributed by atoms with van der Waals surface area (Å²) in [5.41, 5.74) is 1.36. The van der Waals surface area contributed by atoms with Gasteiger partial charge in [0.05, 0.1) is 13.4 Å². The van der Waals surface area contributed by atoms with Crippen molar-refractivity contribution in [2.24, 2.45) is 11.8 Å². The number of hydrogen-bond acceptors (Lipinski definition) is 3. The Labute approximate surface area is 102 Å². The first kappa shape index (κ1) is 12.2. The van der Waals surface area contributed by atoms with E-state index < -0.39 is 0 Å². The Hall–Kier alpha value is -1.25. The molecule has 1 atom stereocenters. The van der Waals surface area contributed by atoms with Crippen LogP contribution in [0.5, 0.6) is 0 Å². The monoisotopic (exact) mass is 236 g/mol. The number of allylic oxidation sites excluding steroid dienone is 3. The molecule has 94 valence electrons. The number of hydrogen-bond donors (Lipinski definition) is 1. The van der Waals surface area contributed by atoms with Crippen molar-refractivity contribution in [2.45, 2.75) is 39.0 Å². The van der Waals surface area contributed by atoms with Crippen molar-refractivity contribution in [2.75, 3.05) is 7.11 Å². The van der Waals surface area contributed by atoms with Gasteiger partial charge in [-0.2, -0.15) is 0 Å². The molecule has 0 aromatic rings. The zero-order valence-corrected chi connectivity index (χ0v) is 10.5. The second-order valence-corrected chi connectivity index (χ2v) is 5.04. The molecule has 0 aromatic heterocycles. The van der Waals surface area contributed by atoms with Gasteiger partial charge in [0.15, 0.2) is 5.78 Å². The molecule has 2 rings (SSSR count). The molecular weight excluding hydrogens is 216 g/mol. The number of Topliss-reactive ketones (excluding diaryl/α,β-unsaturated/α-hetero) is 1. The van der Waals surface area contributed by atoms with Crippen LogP contribution in [0.15, 0.2) is 23.2 Å². The van der Waals surface area contributed by atoms with Crippen molar-refractivity contribution in [1.29, 1.82) is 0 Å². The summed E-state index contributed by atoms with van der Waals surface area (Å²) in [4.78, 5) is 12.4. The van der Waals surface area contributed by atoms with E-state index in [1.165, 1.54) is 12.8 Å². The fourth-order valence-electron chi connectivity index (χ4n) is 3.01. The van der Waals surface area contributed by atoms with Gasteiger partial charge in [0, 0.05) is 17.6 Å². The lowest BCUT2D eigenvalue weighted by Crippen LogP contribution is -2.25. The number of carbonyl (C=O) groups is 1. The van der Waals surface area contributed by atoms with Crippen LogP contribution in [0.2, 0.25) is 0 Å². The van der Waals surface area contributed by atoms with Crippen LogP contribution >= 0.6 is 0 Å². The van der Waals surface area contributed by atoms with Gasteiger partial charge in [-0.3, -0.25) is 4.79 Å². The standard InChI is InChI=1S/C14H20O3/c1-9-7-12(17-2)13(10-5-3-4-6-10)14(16)11(9)8-15/h8-10,15H,3-7H2,1-2H3/b11-8-. The number of rotatable bonds is 2. The fourth-order valence-corrected chi connectivity index (χ4v) is 3.01. The smallest absolute Gasteiger partial charge is 0.191 e. The first-order valence-electron chi connectivity index (χ1n) is 6.35. The molecule has 0 amide bonds. The van der Waals surface area contributed by atoms with E-state index in [1.807, 2.05) is 6.92 Å². The van der Waals surface area contributed by atoms with Gasteiger partial charge in [0.25, 0.3) is 0 Å². The topological polar surface area (TPSA) is 46.5 Å². The number of aliphatic hydroxyl groups is 1. The molecule has 1 fully saturated rings. The molecule has 0 aromatic carbocycles. The van der Waals surface area contributed by atoms with E-state index in [9.17, 15) is 9.90 Å². The van der Waals surface area contributed by atoms with Crippen molar-refractivity contribution in [3.05, 3.63) is 23.2 Å². The molecule has 0 saturated heterocycles. The van der Waals surface area contributed by atoms with E-state index in [-0.39, 0.29) is 11.7 Å². The van der Waals surface area contributed by atoms with Gasteiger partial charge in [0.1, 0.15) is 5.76 Å². The van der Waals surface area contributed by atoms with E-state index >= 15 is 0 Å². The number of methoxy groups -OCH3 is 1. The van der Waals surface area contributed by atoms with E-state index in [1.54, 1.807) is 7.11 Å². The molecule has 17 heavy (non-hydrogen) atoms. The van der Waals surface area contributed by atoms with Crippen molar-refractivity contribution >= 4 is 5.78 Å². The minimum Gasteiger partial charge on any atom is -0.515 e. The highest BCUT2D eigenvalue weighted by molar-refractivity contribution is 6.10. The summed E-state index contributed by atoms with van der Waals surface area (Å²) in [5, 5.41) is 9.21. The summed E-state index contributed by atoms with van der Waals surface area (Å²) in [6, 6.07) is 0. The molecule has 2 aliphatic rings. The van der Waals surface area contributed by atoms with Gasteiger partial charge in [0.2, 0.25) is 0 Å². The first-order valence-corrected chi connectivity index (χ1v) is 6.35. The van der Waals surface area contributed by atoms with Crippen LogP contribution in [0.25, 0.3) is 0 Å². The van der Waals surface area contributed by atoms with Gasteiger partial charge in [-0.05, 0) is 24.7 Å². The molecule has 1 saturated carbocycles. The summed E-state index contributed by atoms with van der Waals surface area (Å²) in [6.07, 6.45) is 6.22. The number of carbonyl (C=O) groups excluding carboxylic acids is 1. The summed E-state index contributed by atoms with van der Waals surface area (Å²) >= 11 is 0. The third kappa shape index (κ3) is 2.11. The fraction of sp³-hybridized carbons (Fsp3) is 0.643. The average molecular weight is 236 g/mol. The predicted molar refractivity (Wildman–Crippen MR) is 65.5 cm³/mol. The van der Waals surface area contributed by atoms with Crippen molar-refractivity contribution in [3.63, 3.8) is 0 Å². The minimum absolute atomic E-state index is 0.00463. The Morgan fingerprint density at radius 1 is 1.35 bits per heavy atom. The SMILES string of the molecule is COC1=C(C2CCCC2)C(=O)/C(=C\O)C(C)C1. The van der Waals surface area contributed by atoms with E-state index in [0.717, 1.165) is 36.9 Å². The third-order valence-corrected chi connectivity index (χ3v) is 3.98. The number of aliphatic hydroxyl groups excluding tert-OH is 1. The third-order valence-electron chi connectivity index (χ3n) is 3.98. The van der Waals surface area contributed by atoms with Crippen molar-refractivity contribution < 1.29 is 14.6 Å². The summed E-state index contributed by atoms with van der Waals surface area (Å²) in [6.45, 7) is 1.95. The Kier molecular flexibility index (Phi) is 3.55. The largest absolute Gasteiger partial charge is 0.515 e. The van der Waals surface area contributed by atoms with Gasteiger partial charge >= 0.3 is 0 Å². The van der Waals surface area contributed by atoms with Crippen LogP contribution in [0.1, 0.15) is 39.0 Å². The Bertz CT molecular complexity index is 373. The molecule has 3 heteroatoms. The summed E-state index contributed by atoms with van der Waals surface area (Å²) in [7, 11) is 1.64. The summed E-state index contributed by atoms with van der Waals surface area (Å²) < 4.78 is 5.40. The maximum absolute atomic E-state index is 12.4. The molecule has 0 spiro atoms. The number of ether oxygens (including phenoxy) is 1. The average Bonchev–Trinajstić information content (AvgIpc) is 2.82. The maximum Gasteiger partial charge on any atom is 0.191 e. The molecule has 2 aliphatic carbocycles. The molecular formula is C14H20O3. The van der Waals surface area contributed by atoms with Crippen LogP contribution < -0.4 is 0 Å². The molecule has 0 aliphatic heterocycles. The number of ketones is 1. The van der Waals surface area contributed by atoms with Crippen LogP contribution in [0.4, 0.5) is 0 Å². The second kappa shape index (κ2) is 4.94. The molecule has 0 heterocycles. The van der Waals surface area contributed by atoms with Gasteiger partial charge in [-0.1, -0.05) is 19.8 Å². The lowest BCUT2D eigenvalue weighted by atomic mass is 9.78. The van der Waals surface area contributed by atoms with Crippen LogP contribution in [-0.2, 0) is 9.53 Å². The lowest BCUT2D eigenvalue weighted by Gasteiger charge is -2.27. The predicted octanol–water partition coefficient (Wildman–Crippen LogP) is 3.13. The molecule has 1 unspecified atom stereocenters. The van der Waals surface area contributed by atoms with E-state index in [2.05, 4.69) is 0 Å². The van der Waals surface area contributed by atoms with Crippen molar-refractivity contribution in [3.8, 4) is 0 Å². The normalized spacial score (nSPS) is 29.2. The minimum atomic E-state index is -0.00463. The Morgan fingerprint density at radius 3 is 2.53 bits per heavy atom. The van der Waals surface area contributed by atoms with Gasteiger partial charge < -0.3 is 9.84 Å². The first-order chi connectivity index (χ1) is 8.19. The summed E-state index contributed by atoms with van der Waals surface area (Å²) in [5.74, 6) is 1.21. The highest BCUT2D eigenvalue weighted by Crippen LogP contribution is 2.40. The molecule has 1 N–H and O–H groups in total. The second-order valence-electron chi connectivity index (χ2n) is 5.04. The lowest BCUT2D eigenvalue weighted by molar-refractivity contribution is -0.114. The quantitative estimate of drug-likeness (QED) is 0.592.